The molecule has 1 aliphatic heterocycles. The van der Waals surface area contributed by atoms with Gasteiger partial charge >= 0.3 is 5.97 Å². The lowest BCUT2D eigenvalue weighted by Gasteiger charge is -2.37. The van der Waals surface area contributed by atoms with E-state index >= 15 is 0 Å². The van der Waals surface area contributed by atoms with Gasteiger partial charge < -0.3 is 15.2 Å². The number of hydrogen-bond acceptors (Lipinski definition) is 4. The van der Waals surface area contributed by atoms with Crippen molar-refractivity contribution in [3.63, 3.8) is 0 Å². The number of rotatable bonds is 4. The third kappa shape index (κ3) is 3.14. The van der Waals surface area contributed by atoms with Gasteiger partial charge in [0.25, 0.3) is 5.91 Å². The van der Waals surface area contributed by atoms with E-state index in [2.05, 4.69) is 10.3 Å². The molecule has 20 heavy (non-hydrogen) atoms. The lowest BCUT2D eigenvalue weighted by atomic mass is 9.87. The summed E-state index contributed by atoms with van der Waals surface area (Å²) in [7, 11) is 0. The fraction of sp³-hybridized carbons (Fsp3) is 0.500. The van der Waals surface area contributed by atoms with E-state index in [-0.39, 0.29) is 17.1 Å². The fourth-order valence-corrected chi connectivity index (χ4v) is 2.30. The topological polar surface area (TPSA) is 88.5 Å². The van der Waals surface area contributed by atoms with Gasteiger partial charge in [0.1, 0.15) is 5.69 Å². The number of nitrogens with zero attached hydrogens (tertiary/aromatic N) is 1. The molecular formula is C14H18N2O4. The molecule has 2 N–H and O–H groups in total. The predicted molar refractivity (Wildman–Crippen MR) is 71.7 cm³/mol. The molecule has 0 bridgehead atoms. The third-order valence-corrected chi connectivity index (χ3v) is 3.75. The van der Waals surface area contributed by atoms with Crippen molar-refractivity contribution in [2.24, 2.45) is 0 Å². The molecule has 0 saturated carbocycles. The monoisotopic (exact) mass is 278 g/mol. The summed E-state index contributed by atoms with van der Waals surface area (Å²) >= 11 is 0. The standard InChI is InChI=1S/C14H18N2O4/c1-2-14(5-7-20-8-6-14)16-12(17)10-3-4-11(13(18)19)15-9-10/h3-4,9H,2,5-8H2,1H3,(H,16,17)(H,18,19). The zero-order chi connectivity index (χ0) is 14.6. The molecule has 0 atom stereocenters. The van der Waals surface area contributed by atoms with Crippen molar-refractivity contribution in [1.82, 2.24) is 10.3 Å². The second-order valence-corrected chi connectivity index (χ2v) is 4.94. The molecule has 0 radical (unpaired) electrons. The number of hydrogen-bond donors (Lipinski definition) is 2. The quantitative estimate of drug-likeness (QED) is 0.870. The van der Waals surface area contributed by atoms with Crippen LogP contribution in [-0.4, -0.2) is 40.7 Å². The van der Waals surface area contributed by atoms with Gasteiger partial charge in [-0.2, -0.15) is 0 Å². The molecule has 0 aliphatic carbocycles. The number of aromatic carboxylic acids is 1. The van der Waals surface area contributed by atoms with Crippen LogP contribution in [0.5, 0.6) is 0 Å². The highest BCUT2D eigenvalue weighted by Gasteiger charge is 2.32. The molecule has 6 nitrogen and oxygen atoms in total. The second-order valence-electron chi connectivity index (χ2n) is 4.94. The Kier molecular flexibility index (Phi) is 4.34. The van der Waals surface area contributed by atoms with E-state index in [1.54, 1.807) is 0 Å². The van der Waals surface area contributed by atoms with Crippen LogP contribution in [0, 0.1) is 0 Å². The van der Waals surface area contributed by atoms with Crippen LogP contribution in [0.25, 0.3) is 0 Å². The minimum atomic E-state index is -1.11. The van der Waals surface area contributed by atoms with Crippen molar-refractivity contribution in [1.29, 1.82) is 0 Å². The molecule has 0 unspecified atom stereocenters. The van der Waals surface area contributed by atoms with Gasteiger partial charge in [-0.1, -0.05) is 6.92 Å². The Balaban J connectivity index is 2.08. The molecule has 1 aromatic heterocycles. The minimum absolute atomic E-state index is 0.0715. The Morgan fingerprint density at radius 1 is 1.40 bits per heavy atom. The molecule has 108 valence electrons. The number of aromatic nitrogens is 1. The molecule has 1 saturated heterocycles. The number of ether oxygens (including phenoxy) is 1. The minimum Gasteiger partial charge on any atom is -0.477 e. The summed E-state index contributed by atoms with van der Waals surface area (Å²) in [6.45, 7) is 3.33. The van der Waals surface area contributed by atoms with Crippen LogP contribution < -0.4 is 5.32 Å². The lowest BCUT2D eigenvalue weighted by molar-refractivity contribution is 0.0344. The Morgan fingerprint density at radius 3 is 2.60 bits per heavy atom. The van der Waals surface area contributed by atoms with Gasteiger partial charge in [-0.15, -0.1) is 0 Å². The summed E-state index contributed by atoms with van der Waals surface area (Å²) < 4.78 is 5.33. The van der Waals surface area contributed by atoms with Gasteiger partial charge in [-0.05, 0) is 31.4 Å². The van der Waals surface area contributed by atoms with Gasteiger partial charge in [0, 0.05) is 24.9 Å². The maximum Gasteiger partial charge on any atom is 0.354 e. The first kappa shape index (κ1) is 14.5. The highest BCUT2D eigenvalue weighted by atomic mass is 16.5. The third-order valence-electron chi connectivity index (χ3n) is 3.75. The molecule has 1 amide bonds. The first-order chi connectivity index (χ1) is 9.56. The summed E-state index contributed by atoms with van der Waals surface area (Å²) in [4.78, 5) is 26.7. The highest BCUT2D eigenvalue weighted by molar-refractivity contribution is 5.95. The van der Waals surface area contributed by atoms with Crippen molar-refractivity contribution in [3.05, 3.63) is 29.6 Å². The molecule has 1 aliphatic rings. The number of carboxylic acids is 1. The summed E-state index contributed by atoms with van der Waals surface area (Å²) in [5.74, 6) is -1.33. The Labute approximate surface area is 117 Å². The molecule has 6 heteroatoms. The summed E-state index contributed by atoms with van der Waals surface area (Å²) in [5, 5.41) is 11.8. The molecule has 1 fully saturated rings. The molecule has 1 aromatic rings. The zero-order valence-corrected chi connectivity index (χ0v) is 11.4. The van der Waals surface area contributed by atoms with E-state index in [1.807, 2.05) is 6.92 Å². The summed E-state index contributed by atoms with van der Waals surface area (Å²) in [6, 6.07) is 2.81. The van der Waals surface area contributed by atoms with E-state index in [1.165, 1.54) is 18.3 Å². The highest BCUT2D eigenvalue weighted by Crippen LogP contribution is 2.24. The fourth-order valence-electron chi connectivity index (χ4n) is 2.30. The Hall–Kier alpha value is -1.95. The summed E-state index contributed by atoms with van der Waals surface area (Å²) in [6.07, 6.45) is 3.70. The van der Waals surface area contributed by atoms with Crippen molar-refractivity contribution in [2.45, 2.75) is 31.7 Å². The van der Waals surface area contributed by atoms with E-state index in [9.17, 15) is 9.59 Å². The van der Waals surface area contributed by atoms with E-state index in [0.29, 0.717) is 18.8 Å². The molecule has 0 aromatic carbocycles. The lowest BCUT2D eigenvalue weighted by Crippen LogP contribution is -2.51. The van der Waals surface area contributed by atoms with Gasteiger partial charge in [-0.25, -0.2) is 9.78 Å². The number of carbonyl (C=O) groups excluding carboxylic acids is 1. The zero-order valence-electron chi connectivity index (χ0n) is 11.4. The van der Waals surface area contributed by atoms with Crippen LogP contribution in [0.15, 0.2) is 18.3 Å². The molecular weight excluding hydrogens is 260 g/mol. The van der Waals surface area contributed by atoms with Crippen LogP contribution in [-0.2, 0) is 4.74 Å². The SMILES string of the molecule is CCC1(NC(=O)c2ccc(C(=O)O)nc2)CCOCC1. The number of nitrogens with one attached hydrogen (secondary N) is 1. The molecule has 2 rings (SSSR count). The maximum absolute atomic E-state index is 12.2. The van der Waals surface area contributed by atoms with Crippen LogP contribution in [0.4, 0.5) is 0 Å². The van der Waals surface area contributed by atoms with Crippen molar-refractivity contribution in [3.8, 4) is 0 Å². The van der Waals surface area contributed by atoms with Crippen LogP contribution in [0.2, 0.25) is 0 Å². The van der Waals surface area contributed by atoms with E-state index in [4.69, 9.17) is 9.84 Å². The van der Waals surface area contributed by atoms with Crippen molar-refractivity contribution >= 4 is 11.9 Å². The molecule has 0 spiro atoms. The largest absolute Gasteiger partial charge is 0.477 e. The van der Waals surface area contributed by atoms with Crippen LogP contribution in [0.1, 0.15) is 47.0 Å². The van der Waals surface area contributed by atoms with Crippen LogP contribution >= 0.6 is 0 Å². The second kappa shape index (κ2) is 6.00. The smallest absolute Gasteiger partial charge is 0.354 e. The molecule has 2 heterocycles. The van der Waals surface area contributed by atoms with Gasteiger partial charge in [0.2, 0.25) is 0 Å². The number of carbonyl (C=O) groups is 2. The number of amides is 1. The Morgan fingerprint density at radius 2 is 2.10 bits per heavy atom. The normalized spacial score (nSPS) is 17.4. The van der Waals surface area contributed by atoms with E-state index in [0.717, 1.165) is 19.3 Å². The average Bonchev–Trinajstić information content (AvgIpc) is 2.48. The number of carboxylic acid groups (broad SMARTS) is 1. The van der Waals surface area contributed by atoms with Crippen molar-refractivity contribution in [2.75, 3.05) is 13.2 Å². The van der Waals surface area contributed by atoms with Gasteiger partial charge in [0.05, 0.1) is 5.56 Å². The Bertz CT molecular complexity index is 492. The van der Waals surface area contributed by atoms with Gasteiger partial charge in [0.15, 0.2) is 0 Å². The average molecular weight is 278 g/mol. The number of pyridine rings is 1. The van der Waals surface area contributed by atoms with Crippen molar-refractivity contribution < 1.29 is 19.4 Å². The predicted octanol–water partition coefficient (Wildman–Crippen LogP) is 1.47. The first-order valence-corrected chi connectivity index (χ1v) is 6.66. The summed E-state index contributed by atoms with van der Waals surface area (Å²) in [5.41, 5.74) is 0.0630. The van der Waals surface area contributed by atoms with E-state index < -0.39 is 5.97 Å². The first-order valence-electron chi connectivity index (χ1n) is 6.66. The van der Waals surface area contributed by atoms with Gasteiger partial charge in [-0.3, -0.25) is 4.79 Å². The van der Waals surface area contributed by atoms with Crippen LogP contribution in [0.3, 0.4) is 0 Å². The maximum atomic E-state index is 12.2.